The van der Waals surface area contributed by atoms with Gasteiger partial charge in [0.2, 0.25) is 10.0 Å². The number of sulfonamides is 1. The fourth-order valence-corrected chi connectivity index (χ4v) is 2.49. The lowest BCUT2D eigenvalue weighted by Crippen LogP contribution is -2.23. The normalized spacial score (nSPS) is 11.1. The van der Waals surface area contributed by atoms with E-state index in [0.29, 0.717) is 5.56 Å². The summed E-state index contributed by atoms with van der Waals surface area (Å²) < 4.78 is 26.2. The van der Waals surface area contributed by atoms with E-state index in [9.17, 15) is 8.42 Å². The lowest BCUT2D eigenvalue weighted by molar-refractivity contribution is 0.582. The Morgan fingerprint density at radius 2 is 2.05 bits per heavy atom. The number of nitrogens with zero attached hydrogens (tertiary/aromatic N) is 2. The number of nitrogens with two attached hydrogens (primary N) is 1. The van der Waals surface area contributed by atoms with E-state index in [2.05, 4.69) is 14.9 Å². The number of rotatable bonds is 4. The van der Waals surface area contributed by atoms with E-state index in [1.54, 1.807) is 24.3 Å². The first kappa shape index (κ1) is 13.1. The van der Waals surface area contributed by atoms with Crippen LogP contribution in [0.5, 0.6) is 0 Å². The molecule has 0 radical (unpaired) electrons. The standard InChI is InChI=1S/C11H11N5O2S/c12-5-8-1-3-9(4-2-8)6-15-19(17,18)10-7-14-16-11(10)13/h1-4,7,15H,6H2,(H3,13,14,16). The minimum Gasteiger partial charge on any atom is -0.383 e. The van der Waals surface area contributed by atoms with Gasteiger partial charge < -0.3 is 5.73 Å². The summed E-state index contributed by atoms with van der Waals surface area (Å²) in [7, 11) is -3.70. The molecule has 7 nitrogen and oxygen atoms in total. The predicted octanol–water partition coefficient (Wildman–Crippen LogP) is 0.342. The molecular formula is C11H11N5O2S. The number of nitrogen functional groups attached to an aromatic ring is 1. The van der Waals surface area contributed by atoms with Crippen LogP contribution in [0.25, 0.3) is 0 Å². The van der Waals surface area contributed by atoms with Crippen molar-refractivity contribution in [3.8, 4) is 6.07 Å². The lowest BCUT2D eigenvalue weighted by Gasteiger charge is -2.05. The van der Waals surface area contributed by atoms with Crippen LogP contribution in [0.4, 0.5) is 5.82 Å². The summed E-state index contributed by atoms with van der Waals surface area (Å²) in [5, 5.41) is 14.6. The zero-order valence-corrected chi connectivity index (χ0v) is 10.6. The molecule has 0 fully saturated rings. The van der Waals surface area contributed by atoms with Gasteiger partial charge in [-0.05, 0) is 17.7 Å². The first-order valence-corrected chi connectivity index (χ1v) is 6.79. The van der Waals surface area contributed by atoms with Crippen molar-refractivity contribution in [3.05, 3.63) is 41.6 Å². The van der Waals surface area contributed by atoms with Crippen molar-refractivity contribution in [2.45, 2.75) is 11.4 Å². The largest absolute Gasteiger partial charge is 0.383 e. The second kappa shape index (κ2) is 5.09. The quantitative estimate of drug-likeness (QED) is 0.743. The number of benzene rings is 1. The molecule has 0 amide bonds. The summed E-state index contributed by atoms with van der Waals surface area (Å²) in [6.07, 6.45) is 1.15. The Kier molecular flexibility index (Phi) is 3.50. The molecule has 19 heavy (non-hydrogen) atoms. The van der Waals surface area contributed by atoms with Gasteiger partial charge in [-0.3, -0.25) is 5.10 Å². The molecule has 0 atom stereocenters. The topological polar surface area (TPSA) is 125 Å². The molecule has 0 unspecified atom stereocenters. The highest BCUT2D eigenvalue weighted by atomic mass is 32.2. The highest BCUT2D eigenvalue weighted by Gasteiger charge is 2.18. The maximum absolute atomic E-state index is 11.9. The second-order valence-corrected chi connectivity index (χ2v) is 5.52. The van der Waals surface area contributed by atoms with Crippen molar-refractivity contribution >= 4 is 15.8 Å². The summed E-state index contributed by atoms with van der Waals surface area (Å²) in [6, 6.07) is 8.59. The smallest absolute Gasteiger partial charge is 0.246 e. The van der Waals surface area contributed by atoms with Gasteiger partial charge in [0.1, 0.15) is 10.7 Å². The summed E-state index contributed by atoms with van der Waals surface area (Å²) in [5.74, 6) is -0.00710. The molecule has 98 valence electrons. The van der Waals surface area contributed by atoms with Gasteiger partial charge in [-0.15, -0.1) is 0 Å². The monoisotopic (exact) mass is 277 g/mol. The predicted molar refractivity (Wildman–Crippen MR) is 68.2 cm³/mol. The Morgan fingerprint density at radius 1 is 1.37 bits per heavy atom. The van der Waals surface area contributed by atoms with Gasteiger partial charge in [-0.25, -0.2) is 13.1 Å². The third-order valence-corrected chi connectivity index (χ3v) is 3.90. The number of anilines is 1. The molecule has 2 rings (SSSR count). The van der Waals surface area contributed by atoms with Gasteiger partial charge in [0, 0.05) is 6.54 Å². The van der Waals surface area contributed by atoms with Crippen LogP contribution in [-0.4, -0.2) is 18.6 Å². The molecule has 0 aliphatic rings. The van der Waals surface area contributed by atoms with Crippen LogP contribution in [0, 0.1) is 11.3 Å². The van der Waals surface area contributed by atoms with Crippen LogP contribution in [0.1, 0.15) is 11.1 Å². The number of aromatic amines is 1. The van der Waals surface area contributed by atoms with Gasteiger partial charge in [-0.1, -0.05) is 12.1 Å². The summed E-state index contributed by atoms with van der Waals surface area (Å²) in [5.41, 5.74) is 6.72. The number of H-pyrrole nitrogens is 1. The van der Waals surface area contributed by atoms with Gasteiger partial charge in [-0.2, -0.15) is 10.4 Å². The minimum absolute atomic E-state index is 0.00710. The van der Waals surface area contributed by atoms with Gasteiger partial charge in [0.25, 0.3) is 0 Å². The van der Waals surface area contributed by atoms with E-state index in [-0.39, 0.29) is 17.3 Å². The third kappa shape index (κ3) is 2.90. The molecule has 4 N–H and O–H groups in total. The zero-order valence-electron chi connectivity index (χ0n) is 9.79. The maximum Gasteiger partial charge on any atom is 0.246 e. The van der Waals surface area contributed by atoms with Crippen LogP contribution in [0.15, 0.2) is 35.4 Å². The van der Waals surface area contributed by atoms with E-state index in [0.717, 1.165) is 11.8 Å². The average Bonchev–Trinajstić information content (AvgIpc) is 2.84. The van der Waals surface area contributed by atoms with E-state index in [4.69, 9.17) is 11.0 Å². The lowest BCUT2D eigenvalue weighted by atomic mass is 10.1. The van der Waals surface area contributed by atoms with Crippen molar-refractivity contribution in [3.63, 3.8) is 0 Å². The van der Waals surface area contributed by atoms with Crippen LogP contribution < -0.4 is 10.5 Å². The van der Waals surface area contributed by atoms with Crippen LogP contribution >= 0.6 is 0 Å². The Morgan fingerprint density at radius 3 is 2.58 bits per heavy atom. The van der Waals surface area contributed by atoms with Crippen molar-refractivity contribution in [1.82, 2.24) is 14.9 Å². The first-order valence-electron chi connectivity index (χ1n) is 5.30. The molecule has 2 aromatic rings. The number of nitrogens with one attached hydrogen (secondary N) is 2. The molecule has 1 aromatic heterocycles. The van der Waals surface area contributed by atoms with Crippen molar-refractivity contribution in [2.24, 2.45) is 0 Å². The summed E-state index contributed by atoms with van der Waals surface area (Å²) in [4.78, 5) is -0.0823. The fourth-order valence-electron chi connectivity index (χ4n) is 1.45. The molecule has 0 spiro atoms. The molecule has 0 saturated heterocycles. The van der Waals surface area contributed by atoms with E-state index < -0.39 is 10.0 Å². The zero-order chi connectivity index (χ0) is 13.9. The molecule has 0 aliphatic heterocycles. The second-order valence-electron chi connectivity index (χ2n) is 3.78. The number of hydrogen-bond acceptors (Lipinski definition) is 5. The van der Waals surface area contributed by atoms with Crippen molar-refractivity contribution in [1.29, 1.82) is 5.26 Å². The molecule has 0 aliphatic carbocycles. The molecular weight excluding hydrogens is 266 g/mol. The van der Waals surface area contributed by atoms with E-state index in [1.807, 2.05) is 6.07 Å². The van der Waals surface area contributed by atoms with E-state index in [1.165, 1.54) is 0 Å². The molecule has 1 aromatic carbocycles. The summed E-state index contributed by atoms with van der Waals surface area (Å²) >= 11 is 0. The third-order valence-electron chi connectivity index (χ3n) is 2.47. The van der Waals surface area contributed by atoms with Crippen LogP contribution in [-0.2, 0) is 16.6 Å². The number of hydrogen-bond donors (Lipinski definition) is 3. The van der Waals surface area contributed by atoms with Crippen LogP contribution in [0.2, 0.25) is 0 Å². The van der Waals surface area contributed by atoms with E-state index >= 15 is 0 Å². The molecule has 8 heteroatoms. The van der Waals surface area contributed by atoms with Crippen molar-refractivity contribution < 1.29 is 8.42 Å². The van der Waals surface area contributed by atoms with Gasteiger partial charge >= 0.3 is 0 Å². The van der Waals surface area contributed by atoms with Gasteiger partial charge in [0.05, 0.1) is 17.8 Å². The Hall–Kier alpha value is -2.37. The SMILES string of the molecule is N#Cc1ccc(CNS(=O)(=O)c2cn[nH]c2N)cc1. The maximum atomic E-state index is 11.9. The Bertz CT molecular complexity index is 712. The highest BCUT2D eigenvalue weighted by molar-refractivity contribution is 7.89. The molecule has 0 bridgehead atoms. The highest BCUT2D eigenvalue weighted by Crippen LogP contribution is 2.14. The minimum atomic E-state index is -3.70. The Labute approximate surface area is 110 Å². The number of aromatic nitrogens is 2. The van der Waals surface area contributed by atoms with Crippen LogP contribution in [0.3, 0.4) is 0 Å². The van der Waals surface area contributed by atoms with Crippen molar-refractivity contribution in [2.75, 3.05) is 5.73 Å². The summed E-state index contributed by atoms with van der Waals surface area (Å²) in [6.45, 7) is 0.110. The average molecular weight is 277 g/mol. The fraction of sp³-hybridized carbons (Fsp3) is 0.0909. The van der Waals surface area contributed by atoms with Gasteiger partial charge in [0.15, 0.2) is 0 Å². The molecule has 1 heterocycles. The first-order chi connectivity index (χ1) is 9.03. The molecule has 0 saturated carbocycles. The number of nitriles is 1. The Balaban J connectivity index is 2.10.